The van der Waals surface area contributed by atoms with E-state index in [0.29, 0.717) is 5.69 Å². The third-order valence-corrected chi connectivity index (χ3v) is 2.72. The molecule has 1 amide bonds. The number of nitrogens with zero attached hydrogens (tertiary/aromatic N) is 1. The van der Waals surface area contributed by atoms with Crippen molar-refractivity contribution in [1.29, 1.82) is 0 Å². The highest BCUT2D eigenvalue weighted by Gasteiger charge is 2.07. The van der Waals surface area contributed by atoms with Crippen LogP contribution in [0.1, 0.15) is 25.0 Å². The molecule has 0 unspecified atom stereocenters. The van der Waals surface area contributed by atoms with Crippen LogP contribution >= 0.6 is 0 Å². The summed E-state index contributed by atoms with van der Waals surface area (Å²) in [7, 11) is 0. The predicted molar refractivity (Wildman–Crippen MR) is 72.0 cm³/mol. The van der Waals surface area contributed by atoms with E-state index in [9.17, 15) is 14.9 Å². The van der Waals surface area contributed by atoms with E-state index in [-0.39, 0.29) is 13.2 Å². The lowest BCUT2D eigenvalue weighted by Crippen LogP contribution is -2.18. The molecule has 1 N–H and O–H groups in total. The molecule has 0 saturated heterocycles. The van der Waals surface area contributed by atoms with Gasteiger partial charge in [-0.25, -0.2) is 4.79 Å². The van der Waals surface area contributed by atoms with Crippen LogP contribution in [0.3, 0.4) is 0 Å². The molecule has 0 saturated carbocycles. The zero-order valence-corrected chi connectivity index (χ0v) is 11.1. The van der Waals surface area contributed by atoms with Gasteiger partial charge in [-0.05, 0) is 36.1 Å². The van der Waals surface area contributed by atoms with Crippen LogP contribution in [-0.2, 0) is 17.6 Å². The fraction of sp³-hybridized carbons (Fsp3) is 0.462. The second-order valence-corrected chi connectivity index (χ2v) is 4.01. The van der Waals surface area contributed by atoms with Gasteiger partial charge in [-0.3, -0.25) is 15.4 Å². The molecule has 0 heterocycles. The smallest absolute Gasteiger partial charge is 0.411 e. The first-order chi connectivity index (χ1) is 9.06. The van der Waals surface area contributed by atoms with Crippen molar-refractivity contribution in [1.82, 2.24) is 0 Å². The SMILES string of the molecule is CCc1ccc(NC(=O)OCC[N+](=O)[O-])cc1CC. The minimum atomic E-state index is -0.673. The Hall–Kier alpha value is -2.11. The van der Waals surface area contributed by atoms with Gasteiger partial charge in [0, 0.05) is 10.6 Å². The standard InChI is InChI=1S/C13H18N2O4/c1-3-10-5-6-12(9-11(10)4-2)14-13(16)19-8-7-15(17)18/h5-6,9H,3-4,7-8H2,1-2H3,(H,14,16). The van der Waals surface area contributed by atoms with Crippen LogP contribution < -0.4 is 5.32 Å². The van der Waals surface area contributed by atoms with Crippen LogP contribution in [0.5, 0.6) is 0 Å². The largest absolute Gasteiger partial charge is 0.442 e. The van der Waals surface area contributed by atoms with E-state index in [1.54, 1.807) is 6.07 Å². The summed E-state index contributed by atoms with van der Waals surface area (Å²) in [5, 5.41) is 12.6. The lowest BCUT2D eigenvalue weighted by atomic mass is 10.0. The van der Waals surface area contributed by atoms with Gasteiger partial charge in [0.2, 0.25) is 6.54 Å². The molecule has 1 aromatic carbocycles. The summed E-state index contributed by atoms with van der Waals surface area (Å²) in [4.78, 5) is 20.9. The third kappa shape index (κ3) is 4.95. The average Bonchev–Trinajstić information content (AvgIpc) is 2.38. The maximum atomic E-state index is 11.4. The molecule has 0 radical (unpaired) electrons. The summed E-state index contributed by atoms with van der Waals surface area (Å²) in [6.45, 7) is 3.51. The van der Waals surface area contributed by atoms with Gasteiger partial charge in [0.05, 0.1) is 0 Å². The van der Waals surface area contributed by atoms with E-state index >= 15 is 0 Å². The fourth-order valence-corrected chi connectivity index (χ4v) is 1.74. The average molecular weight is 266 g/mol. The minimum absolute atomic E-state index is 0.230. The second-order valence-electron chi connectivity index (χ2n) is 4.01. The highest BCUT2D eigenvalue weighted by atomic mass is 16.6. The van der Waals surface area contributed by atoms with Crippen molar-refractivity contribution in [2.45, 2.75) is 26.7 Å². The van der Waals surface area contributed by atoms with Crippen molar-refractivity contribution >= 4 is 11.8 Å². The van der Waals surface area contributed by atoms with E-state index in [2.05, 4.69) is 12.2 Å². The number of rotatable bonds is 6. The van der Waals surface area contributed by atoms with Crippen LogP contribution in [0.4, 0.5) is 10.5 Å². The number of carbonyl (C=O) groups is 1. The number of hydrogen-bond donors (Lipinski definition) is 1. The van der Waals surface area contributed by atoms with E-state index in [4.69, 9.17) is 4.74 Å². The van der Waals surface area contributed by atoms with Gasteiger partial charge in [0.1, 0.15) is 0 Å². The van der Waals surface area contributed by atoms with Gasteiger partial charge >= 0.3 is 6.09 Å². The van der Waals surface area contributed by atoms with Gasteiger partial charge in [-0.1, -0.05) is 19.9 Å². The van der Waals surface area contributed by atoms with Crippen LogP contribution in [-0.4, -0.2) is 24.2 Å². The molecule has 104 valence electrons. The number of carbonyl (C=O) groups excluding carboxylic acids is 1. The molecule has 19 heavy (non-hydrogen) atoms. The summed E-state index contributed by atoms with van der Waals surface area (Å²) < 4.78 is 4.70. The van der Waals surface area contributed by atoms with Gasteiger partial charge in [0.15, 0.2) is 6.61 Å². The topological polar surface area (TPSA) is 81.5 Å². The van der Waals surface area contributed by atoms with E-state index in [1.165, 1.54) is 11.1 Å². The van der Waals surface area contributed by atoms with Gasteiger partial charge in [-0.2, -0.15) is 0 Å². The van der Waals surface area contributed by atoms with Crippen molar-refractivity contribution in [2.24, 2.45) is 0 Å². The molecule has 0 spiro atoms. The summed E-state index contributed by atoms with van der Waals surface area (Å²) in [6.07, 6.45) is 1.15. The molecule has 1 aromatic rings. The van der Waals surface area contributed by atoms with Gasteiger partial charge in [0.25, 0.3) is 0 Å². The molecule has 1 rings (SSSR count). The number of nitrogens with one attached hydrogen (secondary N) is 1. The number of aryl methyl sites for hydroxylation is 2. The highest BCUT2D eigenvalue weighted by Crippen LogP contribution is 2.17. The molecule has 0 atom stereocenters. The van der Waals surface area contributed by atoms with Crippen LogP contribution in [0, 0.1) is 10.1 Å². The van der Waals surface area contributed by atoms with Crippen LogP contribution in [0.25, 0.3) is 0 Å². The molecule has 0 aliphatic carbocycles. The Morgan fingerprint density at radius 3 is 2.58 bits per heavy atom. The molecular formula is C13H18N2O4. The fourth-order valence-electron chi connectivity index (χ4n) is 1.74. The molecule has 0 aromatic heterocycles. The van der Waals surface area contributed by atoms with Crippen molar-refractivity contribution in [2.75, 3.05) is 18.5 Å². The molecule has 0 aliphatic heterocycles. The van der Waals surface area contributed by atoms with E-state index < -0.39 is 11.0 Å². The molecule has 6 heteroatoms. The molecule has 0 bridgehead atoms. The summed E-state index contributed by atoms with van der Waals surface area (Å²) in [5.41, 5.74) is 3.06. The van der Waals surface area contributed by atoms with E-state index in [1.807, 2.05) is 19.1 Å². The zero-order valence-electron chi connectivity index (χ0n) is 11.1. The number of nitro groups is 1. The Morgan fingerprint density at radius 2 is 2.00 bits per heavy atom. The van der Waals surface area contributed by atoms with Gasteiger partial charge in [-0.15, -0.1) is 0 Å². The van der Waals surface area contributed by atoms with E-state index in [0.717, 1.165) is 12.8 Å². The number of anilines is 1. The first-order valence-electron chi connectivity index (χ1n) is 6.24. The summed E-state index contributed by atoms with van der Waals surface area (Å²) >= 11 is 0. The van der Waals surface area contributed by atoms with Gasteiger partial charge < -0.3 is 4.74 Å². The Bertz CT molecular complexity index is 460. The number of ether oxygens (including phenoxy) is 1. The Balaban J connectivity index is 2.57. The first kappa shape index (κ1) is 14.9. The normalized spacial score (nSPS) is 10.0. The molecule has 0 fully saturated rings. The van der Waals surface area contributed by atoms with Crippen molar-refractivity contribution in [3.05, 3.63) is 39.4 Å². The van der Waals surface area contributed by atoms with Crippen molar-refractivity contribution < 1.29 is 14.5 Å². The Morgan fingerprint density at radius 1 is 1.32 bits per heavy atom. The Labute approximate surface area is 111 Å². The lowest BCUT2D eigenvalue weighted by Gasteiger charge is -2.10. The number of hydrogen-bond acceptors (Lipinski definition) is 4. The van der Waals surface area contributed by atoms with Crippen LogP contribution in [0.15, 0.2) is 18.2 Å². The Kier molecular flexibility index (Phi) is 5.78. The molecule has 0 aliphatic rings. The molecule has 6 nitrogen and oxygen atoms in total. The van der Waals surface area contributed by atoms with Crippen molar-refractivity contribution in [3.8, 4) is 0 Å². The lowest BCUT2D eigenvalue weighted by molar-refractivity contribution is -0.482. The number of amides is 1. The maximum Gasteiger partial charge on any atom is 0.411 e. The maximum absolute atomic E-state index is 11.4. The van der Waals surface area contributed by atoms with Crippen LogP contribution in [0.2, 0.25) is 0 Å². The third-order valence-electron chi connectivity index (χ3n) is 2.72. The quantitative estimate of drug-likeness (QED) is 0.634. The summed E-state index contributed by atoms with van der Waals surface area (Å²) in [6, 6.07) is 5.66. The second kappa shape index (κ2) is 7.35. The monoisotopic (exact) mass is 266 g/mol. The predicted octanol–water partition coefficient (Wildman–Crippen LogP) is 2.64. The van der Waals surface area contributed by atoms with Crippen molar-refractivity contribution in [3.63, 3.8) is 0 Å². The minimum Gasteiger partial charge on any atom is -0.442 e. The zero-order chi connectivity index (χ0) is 14.3. The molecular weight excluding hydrogens is 248 g/mol. The first-order valence-corrected chi connectivity index (χ1v) is 6.24. The number of benzene rings is 1. The summed E-state index contributed by atoms with van der Waals surface area (Å²) in [5.74, 6) is 0. The highest BCUT2D eigenvalue weighted by molar-refractivity contribution is 5.84.